The van der Waals surface area contributed by atoms with Crippen LogP contribution in [0.5, 0.6) is 17.4 Å². The molecule has 2 aromatic carbocycles. The molecule has 1 fully saturated rings. The average Bonchev–Trinajstić information content (AvgIpc) is 3.15. The highest BCUT2D eigenvalue weighted by atomic mass is 32.2. The van der Waals surface area contributed by atoms with E-state index >= 15 is 0 Å². The lowest BCUT2D eigenvalue weighted by Gasteiger charge is -2.37. The smallest absolute Gasteiger partial charge is 0.219 e. The fourth-order valence-electron chi connectivity index (χ4n) is 4.38. The summed E-state index contributed by atoms with van der Waals surface area (Å²) in [4.78, 5) is 9.58. The highest BCUT2D eigenvalue weighted by Gasteiger charge is 2.43. The van der Waals surface area contributed by atoms with Gasteiger partial charge in [-0.2, -0.15) is 0 Å². The molecule has 0 unspecified atom stereocenters. The zero-order chi connectivity index (χ0) is 20.0. The van der Waals surface area contributed by atoms with Crippen LogP contribution in [0.3, 0.4) is 0 Å². The van der Waals surface area contributed by atoms with Crippen molar-refractivity contribution in [2.45, 2.75) is 44.4 Å². The van der Waals surface area contributed by atoms with Crippen molar-refractivity contribution in [1.82, 2.24) is 4.98 Å². The predicted octanol–water partition coefficient (Wildman–Crippen LogP) is 6.17. The Morgan fingerprint density at radius 1 is 1.10 bits per heavy atom. The fourth-order valence-corrected chi connectivity index (χ4v) is 5.94. The second-order valence-electron chi connectivity index (χ2n) is 8.54. The third kappa shape index (κ3) is 3.48. The Morgan fingerprint density at radius 2 is 1.97 bits per heavy atom. The van der Waals surface area contributed by atoms with Gasteiger partial charge < -0.3 is 9.84 Å². The fraction of sp³-hybridized carbons (Fsp3) is 0.333. The number of phenolic OH excluding ortho intramolecular Hbond substituents is 1. The van der Waals surface area contributed by atoms with E-state index in [1.807, 2.05) is 54.2 Å². The van der Waals surface area contributed by atoms with E-state index < -0.39 is 0 Å². The van der Waals surface area contributed by atoms with Gasteiger partial charge in [0.15, 0.2) is 0 Å². The van der Waals surface area contributed by atoms with E-state index in [0.717, 1.165) is 21.7 Å². The number of fused-ring (bicyclic) bond motifs is 2. The lowest BCUT2D eigenvalue weighted by molar-refractivity contribution is 0.213. The molecule has 0 bridgehead atoms. The average molecular weight is 405 g/mol. The van der Waals surface area contributed by atoms with Crippen molar-refractivity contribution in [3.8, 4) is 17.4 Å². The van der Waals surface area contributed by atoms with Crippen LogP contribution in [0.25, 0.3) is 10.9 Å². The molecule has 148 valence electrons. The molecule has 1 N–H and O–H groups in total. The molecule has 29 heavy (non-hydrogen) atoms. The van der Waals surface area contributed by atoms with Crippen molar-refractivity contribution >= 4 is 27.7 Å². The maximum atomic E-state index is 10.1. The van der Waals surface area contributed by atoms with E-state index in [4.69, 9.17) is 9.73 Å². The van der Waals surface area contributed by atoms with Gasteiger partial charge in [-0.25, -0.2) is 4.98 Å². The molecule has 0 amide bonds. The first-order chi connectivity index (χ1) is 14.0. The number of pyridine rings is 1. The number of para-hydroxylation sites is 1. The van der Waals surface area contributed by atoms with Crippen LogP contribution < -0.4 is 4.74 Å². The summed E-state index contributed by atoms with van der Waals surface area (Å²) in [6.07, 6.45) is 3.77. The summed E-state index contributed by atoms with van der Waals surface area (Å²) in [5.41, 5.74) is 1.91. The van der Waals surface area contributed by atoms with Crippen molar-refractivity contribution in [3.63, 3.8) is 0 Å². The molecular weight excluding hydrogens is 380 g/mol. The summed E-state index contributed by atoms with van der Waals surface area (Å²) in [5, 5.41) is 12.6. The van der Waals surface area contributed by atoms with Gasteiger partial charge in [0.1, 0.15) is 17.0 Å². The normalized spacial score (nSPS) is 22.9. The zero-order valence-electron chi connectivity index (χ0n) is 16.6. The number of aromatic hydroxyl groups is 1. The third-order valence-electron chi connectivity index (χ3n) is 5.96. The largest absolute Gasteiger partial charge is 0.506 e. The number of aromatic nitrogens is 1. The lowest BCUT2D eigenvalue weighted by Crippen LogP contribution is -2.38. The molecule has 5 rings (SSSR count). The minimum Gasteiger partial charge on any atom is -0.506 e. The van der Waals surface area contributed by atoms with Gasteiger partial charge in [0.05, 0.1) is 11.1 Å². The van der Waals surface area contributed by atoms with Crippen molar-refractivity contribution in [3.05, 3.63) is 60.2 Å². The predicted molar refractivity (Wildman–Crippen MR) is 119 cm³/mol. The number of nitrogens with zero attached hydrogens (tertiary/aromatic N) is 2. The van der Waals surface area contributed by atoms with Crippen LogP contribution in [0.15, 0.2) is 59.6 Å². The Morgan fingerprint density at radius 3 is 2.83 bits per heavy atom. The standard InChI is InChI=1S/C24H24N2O2S/c1-24(2)13-5-10-19-22(24)26-23(29-19)16-7-3-8-17(14-16)28-20-12-11-15-6-4-9-18(27)21(15)25-20/h3-4,6-9,11-12,14,19,22,27H,5,10,13H2,1-2H3/t19-,22-/m1/s1. The van der Waals surface area contributed by atoms with Gasteiger partial charge in [0.2, 0.25) is 5.88 Å². The van der Waals surface area contributed by atoms with E-state index in [9.17, 15) is 5.11 Å². The summed E-state index contributed by atoms with van der Waals surface area (Å²) in [6.45, 7) is 4.69. The molecule has 0 saturated heterocycles. The second-order valence-corrected chi connectivity index (χ2v) is 9.77. The van der Waals surface area contributed by atoms with E-state index in [-0.39, 0.29) is 11.2 Å². The molecule has 2 aliphatic rings. The molecule has 0 spiro atoms. The molecule has 1 aliphatic carbocycles. The van der Waals surface area contributed by atoms with Crippen LogP contribution in [0.4, 0.5) is 0 Å². The Balaban J connectivity index is 1.41. The first-order valence-corrected chi connectivity index (χ1v) is 11.0. The molecule has 4 nitrogen and oxygen atoms in total. The van der Waals surface area contributed by atoms with Crippen molar-refractivity contribution in [1.29, 1.82) is 0 Å². The minimum absolute atomic E-state index is 0.156. The number of phenols is 1. The monoisotopic (exact) mass is 404 g/mol. The summed E-state index contributed by atoms with van der Waals surface area (Å²) >= 11 is 1.91. The zero-order valence-corrected chi connectivity index (χ0v) is 17.4. The summed E-state index contributed by atoms with van der Waals surface area (Å²) in [6, 6.07) is 17.6. The van der Waals surface area contributed by atoms with Crippen LogP contribution in [0, 0.1) is 5.41 Å². The quantitative estimate of drug-likeness (QED) is 0.567. The lowest BCUT2D eigenvalue weighted by atomic mass is 9.73. The Labute approximate surface area is 175 Å². The Kier molecular flexibility index (Phi) is 4.50. The number of rotatable bonds is 3. The molecule has 1 saturated carbocycles. The first kappa shape index (κ1) is 18.5. The van der Waals surface area contributed by atoms with Gasteiger partial charge in [-0.05, 0) is 42.5 Å². The van der Waals surface area contributed by atoms with Gasteiger partial charge in [0.25, 0.3) is 0 Å². The maximum Gasteiger partial charge on any atom is 0.219 e. The van der Waals surface area contributed by atoms with Crippen molar-refractivity contribution in [2.24, 2.45) is 10.4 Å². The molecule has 0 radical (unpaired) electrons. The number of benzene rings is 2. The van der Waals surface area contributed by atoms with Gasteiger partial charge in [0, 0.05) is 22.3 Å². The van der Waals surface area contributed by atoms with Crippen LogP contribution >= 0.6 is 11.8 Å². The Hall–Kier alpha value is -2.53. The summed E-state index contributed by atoms with van der Waals surface area (Å²) in [7, 11) is 0. The van der Waals surface area contributed by atoms with Crippen LogP contribution in [-0.2, 0) is 0 Å². The third-order valence-corrected chi connectivity index (χ3v) is 7.32. The number of ether oxygens (including phenoxy) is 1. The highest BCUT2D eigenvalue weighted by Crippen LogP contribution is 2.47. The van der Waals surface area contributed by atoms with E-state index in [1.165, 1.54) is 19.3 Å². The molecule has 1 aromatic heterocycles. The molecule has 2 heterocycles. The summed E-state index contributed by atoms with van der Waals surface area (Å²) in [5.74, 6) is 1.35. The summed E-state index contributed by atoms with van der Waals surface area (Å²) < 4.78 is 6.01. The first-order valence-electron chi connectivity index (χ1n) is 10.1. The van der Waals surface area contributed by atoms with E-state index in [0.29, 0.717) is 22.7 Å². The number of thioether (sulfide) groups is 1. The number of hydrogen-bond acceptors (Lipinski definition) is 5. The van der Waals surface area contributed by atoms with Crippen molar-refractivity contribution in [2.75, 3.05) is 0 Å². The maximum absolute atomic E-state index is 10.1. The van der Waals surface area contributed by atoms with Gasteiger partial charge in [-0.3, -0.25) is 4.99 Å². The van der Waals surface area contributed by atoms with Crippen LogP contribution in [0.1, 0.15) is 38.7 Å². The highest BCUT2D eigenvalue weighted by molar-refractivity contribution is 8.15. The molecule has 2 atom stereocenters. The molecule has 5 heteroatoms. The van der Waals surface area contributed by atoms with Gasteiger partial charge >= 0.3 is 0 Å². The van der Waals surface area contributed by atoms with Crippen molar-refractivity contribution < 1.29 is 9.84 Å². The second kappa shape index (κ2) is 7.06. The SMILES string of the molecule is CC1(C)CCC[C@H]2SC(c3cccc(Oc4ccc5cccc(O)c5n4)c3)=N[C@H]21. The topological polar surface area (TPSA) is 54.7 Å². The van der Waals surface area contributed by atoms with Crippen LogP contribution in [-0.4, -0.2) is 26.4 Å². The molecular formula is C24H24N2O2S. The van der Waals surface area contributed by atoms with E-state index in [1.54, 1.807) is 6.07 Å². The number of hydrogen-bond donors (Lipinski definition) is 1. The van der Waals surface area contributed by atoms with Gasteiger partial charge in [-0.1, -0.05) is 44.5 Å². The Bertz CT molecular complexity index is 1110. The van der Waals surface area contributed by atoms with Crippen LogP contribution in [0.2, 0.25) is 0 Å². The molecule has 3 aromatic rings. The minimum atomic E-state index is 0.156. The van der Waals surface area contributed by atoms with Gasteiger partial charge in [-0.15, -0.1) is 11.8 Å². The van der Waals surface area contributed by atoms with E-state index in [2.05, 4.69) is 24.9 Å². The molecule has 1 aliphatic heterocycles. The number of aliphatic imine (C=N–C) groups is 1.